The second-order valence-electron chi connectivity index (χ2n) is 4.72. The zero-order valence-corrected chi connectivity index (χ0v) is 10.7. The Bertz CT molecular complexity index is 492. The summed E-state index contributed by atoms with van der Waals surface area (Å²) in [5, 5.41) is 7.42. The predicted octanol–water partition coefficient (Wildman–Crippen LogP) is 2.76. The summed E-state index contributed by atoms with van der Waals surface area (Å²) < 4.78 is 15.5. The Morgan fingerprint density at radius 1 is 1.33 bits per heavy atom. The van der Waals surface area contributed by atoms with Gasteiger partial charge < -0.3 is 5.32 Å². The van der Waals surface area contributed by atoms with Crippen molar-refractivity contribution in [1.29, 1.82) is 0 Å². The van der Waals surface area contributed by atoms with Crippen molar-refractivity contribution in [2.75, 3.05) is 6.54 Å². The average Bonchev–Trinajstić information content (AvgIpc) is 2.82. The summed E-state index contributed by atoms with van der Waals surface area (Å²) in [6.07, 6.45) is 3.40. The van der Waals surface area contributed by atoms with Crippen molar-refractivity contribution in [3.63, 3.8) is 0 Å². The van der Waals surface area contributed by atoms with Crippen molar-refractivity contribution in [1.82, 2.24) is 15.1 Å². The Hall–Kier alpha value is -1.68. The van der Waals surface area contributed by atoms with Crippen LogP contribution >= 0.6 is 0 Å². The van der Waals surface area contributed by atoms with E-state index in [0.717, 1.165) is 12.1 Å². The molecular formula is C14H18FN3. The Kier molecular flexibility index (Phi) is 4.10. The van der Waals surface area contributed by atoms with Gasteiger partial charge in [-0.3, -0.25) is 0 Å². The molecule has 0 unspecified atom stereocenters. The Morgan fingerprint density at radius 3 is 2.83 bits per heavy atom. The predicted molar refractivity (Wildman–Crippen MR) is 70.1 cm³/mol. The van der Waals surface area contributed by atoms with Crippen LogP contribution in [0, 0.1) is 11.7 Å². The molecule has 0 atom stereocenters. The molecular weight excluding hydrogens is 229 g/mol. The minimum Gasteiger partial charge on any atom is -0.312 e. The van der Waals surface area contributed by atoms with E-state index in [1.54, 1.807) is 29.2 Å². The molecule has 0 saturated carbocycles. The minimum absolute atomic E-state index is 0.248. The first-order valence-electron chi connectivity index (χ1n) is 6.16. The highest BCUT2D eigenvalue weighted by Gasteiger charge is 2.10. The Morgan fingerprint density at radius 2 is 2.17 bits per heavy atom. The maximum atomic E-state index is 13.9. The summed E-state index contributed by atoms with van der Waals surface area (Å²) in [6, 6.07) is 6.91. The molecule has 0 aliphatic rings. The van der Waals surface area contributed by atoms with Crippen molar-refractivity contribution in [2.45, 2.75) is 20.4 Å². The number of hydrogen-bond donors (Lipinski definition) is 1. The summed E-state index contributed by atoms with van der Waals surface area (Å²) in [5.74, 6) is 0.328. The van der Waals surface area contributed by atoms with Crippen LogP contribution in [0.5, 0.6) is 0 Å². The standard InChI is InChI=1S/C14H18FN3/c1-11(2)9-16-10-12-5-3-6-13(15)14(12)18-8-4-7-17-18/h3-8,11,16H,9-10H2,1-2H3. The van der Waals surface area contributed by atoms with Crippen LogP contribution in [0.1, 0.15) is 19.4 Å². The molecule has 1 N–H and O–H groups in total. The molecule has 0 fully saturated rings. The van der Waals surface area contributed by atoms with Gasteiger partial charge in [0.1, 0.15) is 11.5 Å². The van der Waals surface area contributed by atoms with E-state index in [1.807, 2.05) is 6.07 Å². The van der Waals surface area contributed by atoms with Gasteiger partial charge in [0.25, 0.3) is 0 Å². The minimum atomic E-state index is -0.248. The summed E-state index contributed by atoms with van der Waals surface area (Å²) in [4.78, 5) is 0. The number of benzene rings is 1. The van der Waals surface area contributed by atoms with Gasteiger partial charge in [-0.15, -0.1) is 0 Å². The number of hydrogen-bond acceptors (Lipinski definition) is 2. The maximum Gasteiger partial charge on any atom is 0.149 e. The molecule has 0 saturated heterocycles. The molecule has 96 valence electrons. The number of para-hydroxylation sites is 1. The van der Waals surface area contributed by atoms with E-state index < -0.39 is 0 Å². The third-order valence-corrected chi connectivity index (χ3v) is 2.67. The molecule has 2 rings (SSSR count). The van der Waals surface area contributed by atoms with Gasteiger partial charge >= 0.3 is 0 Å². The number of nitrogens with one attached hydrogen (secondary N) is 1. The zero-order valence-electron chi connectivity index (χ0n) is 10.7. The van der Waals surface area contributed by atoms with Crippen molar-refractivity contribution < 1.29 is 4.39 Å². The van der Waals surface area contributed by atoms with E-state index >= 15 is 0 Å². The molecule has 0 amide bonds. The summed E-state index contributed by atoms with van der Waals surface area (Å²) in [7, 11) is 0. The second-order valence-corrected chi connectivity index (χ2v) is 4.72. The van der Waals surface area contributed by atoms with Crippen molar-refractivity contribution in [3.8, 4) is 5.69 Å². The largest absolute Gasteiger partial charge is 0.312 e. The third kappa shape index (κ3) is 2.96. The van der Waals surface area contributed by atoms with Gasteiger partial charge in [-0.1, -0.05) is 26.0 Å². The molecule has 18 heavy (non-hydrogen) atoms. The molecule has 0 radical (unpaired) electrons. The topological polar surface area (TPSA) is 29.9 Å². The van der Waals surface area contributed by atoms with Gasteiger partial charge in [0.15, 0.2) is 0 Å². The molecule has 0 spiro atoms. The van der Waals surface area contributed by atoms with Gasteiger partial charge in [0.05, 0.1) is 0 Å². The normalized spacial score (nSPS) is 11.1. The van der Waals surface area contributed by atoms with Crippen molar-refractivity contribution in [2.24, 2.45) is 5.92 Å². The fraction of sp³-hybridized carbons (Fsp3) is 0.357. The highest BCUT2D eigenvalue weighted by atomic mass is 19.1. The van der Waals surface area contributed by atoms with Crippen LogP contribution in [0.4, 0.5) is 4.39 Å². The van der Waals surface area contributed by atoms with Gasteiger partial charge in [0, 0.05) is 18.9 Å². The van der Waals surface area contributed by atoms with E-state index in [1.165, 1.54) is 6.07 Å². The molecule has 1 aromatic carbocycles. The molecule has 0 aliphatic carbocycles. The SMILES string of the molecule is CC(C)CNCc1cccc(F)c1-n1cccn1. The summed E-state index contributed by atoms with van der Waals surface area (Å²) in [5.41, 5.74) is 1.44. The average molecular weight is 247 g/mol. The highest BCUT2D eigenvalue weighted by Crippen LogP contribution is 2.17. The fourth-order valence-electron chi connectivity index (χ4n) is 1.86. The molecule has 0 bridgehead atoms. The van der Waals surface area contributed by atoms with Crippen LogP contribution in [0.2, 0.25) is 0 Å². The first-order chi connectivity index (χ1) is 8.68. The zero-order chi connectivity index (χ0) is 13.0. The molecule has 2 aromatic rings. The van der Waals surface area contributed by atoms with Crippen LogP contribution < -0.4 is 5.32 Å². The van der Waals surface area contributed by atoms with E-state index in [9.17, 15) is 4.39 Å². The second kappa shape index (κ2) is 5.78. The van der Waals surface area contributed by atoms with Crippen molar-refractivity contribution >= 4 is 0 Å². The molecule has 4 heteroatoms. The lowest BCUT2D eigenvalue weighted by atomic mass is 10.1. The number of aromatic nitrogens is 2. The number of halogens is 1. The molecule has 3 nitrogen and oxygen atoms in total. The summed E-state index contributed by atoms with van der Waals surface area (Å²) in [6.45, 7) is 5.85. The maximum absolute atomic E-state index is 13.9. The highest BCUT2D eigenvalue weighted by molar-refractivity contribution is 5.41. The fourth-order valence-corrected chi connectivity index (χ4v) is 1.86. The molecule has 1 aromatic heterocycles. The van der Waals surface area contributed by atoms with Gasteiger partial charge in [-0.05, 0) is 30.2 Å². The molecule has 1 heterocycles. The van der Waals surface area contributed by atoms with Crippen LogP contribution in [0.3, 0.4) is 0 Å². The van der Waals surface area contributed by atoms with Gasteiger partial charge in [-0.2, -0.15) is 5.10 Å². The van der Waals surface area contributed by atoms with E-state index in [2.05, 4.69) is 24.3 Å². The molecule has 0 aliphatic heterocycles. The summed E-state index contributed by atoms with van der Waals surface area (Å²) >= 11 is 0. The van der Waals surface area contributed by atoms with Gasteiger partial charge in [0.2, 0.25) is 0 Å². The van der Waals surface area contributed by atoms with Crippen LogP contribution in [-0.2, 0) is 6.54 Å². The Labute approximate surface area is 107 Å². The van der Waals surface area contributed by atoms with Gasteiger partial charge in [-0.25, -0.2) is 9.07 Å². The van der Waals surface area contributed by atoms with E-state index in [0.29, 0.717) is 18.2 Å². The monoisotopic (exact) mass is 247 g/mol. The first kappa shape index (κ1) is 12.8. The lowest BCUT2D eigenvalue weighted by molar-refractivity contribution is 0.547. The quantitative estimate of drug-likeness (QED) is 0.880. The number of nitrogens with zero attached hydrogens (tertiary/aromatic N) is 2. The van der Waals surface area contributed by atoms with Crippen LogP contribution in [-0.4, -0.2) is 16.3 Å². The lowest BCUT2D eigenvalue weighted by Crippen LogP contribution is -2.20. The van der Waals surface area contributed by atoms with E-state index in [-0.39, 0.29) is 5.82 Å². The first-order valence-corrected chi connectivity index (χ1v) is 6.16. The smallest absolute Gasteiger partial charge is 0.149 e. The third-order valence-electron chi connectivity index (χ3n) is 2.67. The van der Waals surface area contributed by atoms with Crippen LogP contribution in [0.25, 0.3) is 5.69 Å². The number of rotatable bonds is 5. The van der Waals surface area contributed by atoms with Crippen molar-refractivity contribution in [3.05, 3.63) is 48.0 Å². The van der Waals surface area contributed by atoms with Crippen LogP contribution in [0.15, 0.2) is 36.7 Å². The van der Waals surface area contributed by atoms with E-state index in [4.69, 9.17) is 0 Å². The lowest BCUT2D eigenvalue weighted by Gasteiger charge is -2.12. The Balaban J connectivity index is 2.22.